The molecule has 6 heteroatoms. The van der Waals surface area contributed by atoms with Crippen LogP contribution in [0.4, 0.5) is 0 Å². The van der Waals surface area contributed by atoms with E-state index in [0.29, 0.717) is 25.7 Å². The molecule has 0 aliphatic carbocycles. The second kappa shape index (κ2) is 13.0. The molecule has 150 valence electrons. The van der Waals surface area contributed by atoms with Gasteiger partial charge in [0.05, 0.1) is 24.4 Å². The van der Waals surface area contributed by atoms with Gasteiger partial charge < -0.3 is 25.2 Å². The maximum absolute atomic E-state index is 10.5. The van der Waals surface area contributed by atoms with E-state index in [9.17, 15) is 20.1 Å². The van der Waals surface area contributed by atoms with Crippen molar-refractivity contribution >= 4 is 5.97 Å². The molecule has 6 nitrogen and oxygen atoms in total. The van der Waals surface area contributed by atoms with Gasteiger partial charge in [-0.1, -0.05) is 44.1 Å². The Kier molecular flexibility index (Phi) is 11.4. The summed E-state index contributed by atoms with van der Waals surface area (Å²) in [5, 5.41) is 38.7. The lowest BCUT2D eigenvalue weighted by molar-refractivity contribution is -0.137. The van der Waals surface area contributed by atoms with Crippen LogP contribution in [-0.2, 0) is 9.53 Å². The molecule has 0 aromatic rings. The fourth-order valence-electron chi connectivity index (χ4n) is 2.96. The Morgan fingerprint density at radius 1 is 1.23 bits per heavy atom. The number of ether oxygens (including phenoxy) is 1. The number of carboxylic acids is 1. The molecule has 26 heavy (non-hydrogen) atoms. The van der Waals surface area contributed by atoms with Gasteiger partial charge in [-0.2, -0.15) is 0 Å². The van der Waals surface area contributed by atoms with Crippen LogP contribution in [-0.4, -0.2) is 56.9 Å². The topological polar surface area (TPSA) is 107 Å². The number of hydrogen-bond donors (Lipinski definition) is 4. The Bertz CT molecular complexity index is 448. The SMILES string of the molecule is CCCCC/C=C\C[C@@H](O)[C@@H]1C[C@@H](O)[C@@H](/C=C/[C@@H](O)CCCC(=O)O)O1. The first-order valence-corrected chi connectivity index (χ1v) is 9.68. The van der Waals surface area contributed by atoms with Crippen molar-refractivity contribution in [1.29, 1.82) is 0 Å². The second-order valence-electron chi connectivity index (χ2n) is 6.95. The third kappa shape index (κ3) is 9.48. The fraction of sp³-hybridized carbons (Fsp3) is 0.750. The largest absolute Gasteiger partial charge is 0.481 e. The zero-order chi connectivity index (χ0) is 19.4. The maximum Gasteiger partial charge on any atom is 0.303 e. The van der Waals surface area contributed by atoms with E-state index in [1.807, 2.05) is 6.08 Å². The van der Waals surface area contributed by atoms with E-state index < -0.39 is 36.5 Å². The molecule has 1 heterocycles. The van der Waals surface area contributed by atoms with Gasteiger partial charge in [0.15, 0.2) is 0 Å². The summed E-state index contributed by atoms with van der Waals surface area (Å²) in [4.78, 5) is 10.5. The molecule has 1 rings (SSSR count). The molecule has 4 N–H and O–H groups in total. The first-order valence-electron chi connectivity index (χ1n) is 9.68. The summed E-state index contributed by atoms with van der Waals surface area (Å²) < 4.78 is 5.70. The summed E-state index contributed by atoms with van der Waals surface area (Å²) in [7, 11) is 0. The van der Waals surface area contributed by atoms with Gasteiger partial charge in [-0.3, -0.25) is 4.79 Å². The van der Waals surface area contributed by atoms with Crippen molar-refractivity contribution in [1.82, 2.24) is 0 Å². The van der Waals surface area contributed by atoms with Crippen molar-refractivity contribution in [3.63, 3.8) is 0 Å². The van der Waals surface area contributed by atoms with Crippen LogP contribution in [0.2, 0.25) is 0 Å². The summed E-state index contributed by atoms with van der Waals surface area (Å²) in [6.45, 7) is 2.16. The van der Waals surface area contributed by atoms with Crippen LogP contribution >= 0.6 is 0 Å². The number of unbranched alkanes of at least 4 members (excludes halogenated alkanes) is 3. The molecule has 1 aliphatic heterocycles. The van der Waals surface area contributed by atoms with Crippen molar-refractivity contribution in [2.75, 3.05) is 0 Å². The van der Waals surface area contributed by atoms with Gasteiger partial charge in [0.25, 0.3) is 0 Å². The number of rotatable bonds is 13. The molecule has 1 saturated heterocycles. The maximum atomic E-state index is 10.5. The lowest BCUT2D eigenvalue weighted by atomic mass is 10.0. The number of aliphatic hydroxyl groups is 3. The standard InChI is InChI=1S/C20H34O6/c1-2-3-4-5-6-7-10-16(22)19-14-17(23)18(26-19)13-12-15(21)9-8-11-20(24)25/h6-7,12-13,15-19,21-23H,2-5,8-11,14H2,1H3,(H,24,25)/b7-6-,13-12+/t15-,16+,17+,18+,19-/m0/s1. The Morgan fingerprint density at radius 2 is 2.00 bits per heavy atom. The van der Waals surface area contributed by atoms with E-state index in [1.165, 1.54) is 18.9 Å². The lowest BCUT2D eigenvalue weighted by Gasteiger charge is -2.16. The summed E-state index contributed by atoms with van der Waals surface area (Å²) >= 11 is 0. The van der Waals surface area contributed by atoms with Gasteiger partial charge in [0, 0.05) is 12.8 Å². The molecule has 0 aromatic carbocycles. The fourth-order valence-corrected chi connectivity index (χ4v) is 2.96. The Balaban J connectivity index is 2.32. The van der Waals surface area contributed by atoms with Crippen molar-refractivity contribution in [2.24, 2.45) is 0 Å². The molecule has 0 bridgehead atoms. The molecule has 5 atom stereocenters. The average Bonchev–Trinajstić information content (AvgIpc) is 2.96. The van der Waals surface area contributed by atoms with Crippen LogP contribution in [0.1, 0.15) is 64.7 Å². The highest BCUT2D eigenvalue weighted by atomic mass is 16.5. The lowest BCUT2D eigenvalue weighted by Crippen LogP contribution is -2.25. The summed E-state index contributed by atoms with van der Waals surface area (Å²) in [5.74, 6) is -0.882. The van der Waals surface area contributed by atoms with Crippen molar-refractivity contribution < 1.29 is 30.0 Å². The van der Waals surface area contributed by atoms with E-state index in [1.54, 1.807) is 6.08 Å². The highest BCUT2D eigenvalue weighted by Crippen LogP contribution is 2.25. The van der Waals surface area contributed by atoms with Crippen molar-refractivity contribution in [3.8, 4) is 0 Å². The first-order chi connectivity index (χ1) is 12.4. The van der Waals surface area contributed by atoms with Crippen LogP contribution in [0.15, 0.2) is 24.3 Å². The molecule has 0 spiro atoms. The molecular weight excluding hydrogens is 336 g/mol. The summed E-state index contributed by atoms with van der Waals surface area (Å²) in [6, 6.07) is 0. The smallest absolute Gasteiger partial charge is 0.303 e. The quantitative estimate of drug-likeness (QED) is 0.293. The normalized spacial score (nSPS) is 25.9. The summed E-state index contributed by atoms with van der Waals surface area (Å²) in [5.41, 5.74) is 0. The Morgan fingerprint density at radius 3 is 2.69 bits per heavy atom. The Labute approximate surface area is 156 Å². The monoisotopic (exact) mass is 370 g/mol. The molecular formula is C20H34O6. The van der Waals surface area contributed by atoms with Crippen LogP contribution < -0.4 is 0 Å². The van der Waals surface area contributed by atoms with Gasteiger partial charge in [0.2, 0.25) is 0 Å². The van der Waals surface area contributed by atoms with Crippen LogP contribution in [0.3, 0.4) is 0 Å². The van der Waals surface area contributed by atoms with Gasteiger partial charge >= 0.3 is 5.97 Å². The van der Waals surface area contributed by atoms with E-state index in [0.717, 1.165) is 12.8 Å². The molecule has 0 radical (unpaired) electrons. The molecule has 0 amide bonds. The predicted molar refractivity (Wildman–Crippen MR) is 99.8 cm³/mol. The zero-order valence-electron chi connectivity index (χ0n) is 15.7. The van der Waals surface area contributed by atoms with E-state index in [2.05, 4.69) is 13.0 Å². The van der Waals surface area contributed by atoms with E-state index in [4.69, 9.17) is 9.84 Å². The van der Waals surface area contributed by atoms with Crippen LogP contribution in [0.5, 0.6) is 0 Å². The van der Waals surface area contributed by atoms with Gasteiger partial charge in [-0.25, -0.2) is 0 Å². The second-order valence-corrected chi connectivity index (χ2v) is 6.95. The predicted octanol–water partition coefficient (Wildman–Crippen LogP) is 2.56. The number of allylic oxidation sites excluding steroid dienone is 1. The first kappa shape index (κ1) is 22.8. The third-order valence-corrected chi connectivity index (χ3v) is 4.55. The minimum Gasteiger partial charge on any atom is -0.481 e. The number of aliphatic carboxylic acids is 1. The number of hydrogen-bond acceptors (Lipinski definition) is 5. The molecule has 1 aliphatic rings. The minimum atomic E-state index is -0.882. The average molecular weight is 370 g/mol. The van der Waals surface area contributed by atoms with Crippen LogP contribution in [0.25, 0.3) is 0 Å². The Hall–Kier alpha value is -1.21. The van der Waals surface area contributed by atoms with E-state index >= 15 is 0 Å². The molecule has 0 unspecified atom stereocenters. The molecule has 1 fully saturated rings. The highest BCUT2D eigenvalue weighted by molar-refractivity contribution is 5.66. The number of carbonyl (C=O) groups is 1. The molecule has 0 saturated carbocycles. The van der Waals surface area contributed by atoms with E-state index in [-0.39, 0.29) is 6.42 Å². The van der Waals surface area contributed by atoms with Gasteiger partial charge in [0.1, 0.15) is 6.10 Å². The number of aliphatic hydroxyl groups excluding tert-OH is 3. The van der Waals surface area contributed by atoms with Crippen LogP contribution in [0, 0.1) is 0 Å². The zero-order valence-corrected chi connectivity index (χ0v) is 15.7. The van der Waals surface area contributed by atoms with Crippen molar-refractivity contribution in [2.45, 2.75) is 95.2 Å². The third-order valence-electron chi connectivity index (χ3n) is 4.55. The molecule has 0 aromatic heterocycles. The highest BCUT2D eigenvalue weighted by Gasteiger charge is 2.35. The van der Waals surface area contributed by atoms with Gasteiger partial charge in [-0.15, -0.1) is 0 Å². The summed E-state index contributed by atoms with van der Waals surface area (Å²) in [6.07, 6.45) is 10.2. The minimum absolute atomic E-state index is 0.0215. The number of carboxylic acid groups (broad SMARTS) is 1. The van der Waals surface area contributed by atoms with Gasteiger partial charge in [-0.05, 0) is 32.1 Å². The van der Waals surface area contributed by atoms with Crippen molar-refractivity contribution in [3.05, 3.63) is 24.3 Å².